The normalized spacial score (nSPS) is 20.7. The zero-order valence-corrected chi connectivity index (χ0v) is 14.4. The molecule has 1 N–H and O–H groups in total. The van der Waals surface area contributed by atoms with Gasteiger partial charge in [-0.2, -0.15) is 0 Å². The van der Waals surface area contributed by atoms with Crippen molar-refractivity contribution in [3.63, 3.8) is 0 Å². The average molecular weight is 373 g/mol. The number of aromatic amines is 1. The summed E-state index contributed by atoms with van der Waals surface area (Å²) in [6.45, 7) is 1.12. The number of anilines is 1. The Bertz CT molecular complexity index is 1030. The third-order valence-corrected chi connectivity index (χ3v) is 5.40. The molecule has 1 unspecified atom stereocenters. The van der Waals surface area contributed by atoms with Crippen LogP contribution in [0.1, 0.15) is 41.1 Å². The molecule has 0 aromatic carbocycles. The van der Waals surface area contributed by atoms with Gasteiger partial charge in [0.2, 0.25) is 0 Å². The Hall–Kier alpha value is -2.84. The molecule has 0 saturated heterocycles. The van der Waals surface area contributed by atoms with Gasteiger partial charge in [-0.25, -0.2) is 18.7 Å². The highest BCUT2D eigenvalue weighted by atomic mass is 19.3. The number of fused-ring (bicyclic) bond motifs is 2. The average Bonchev–Trinajstić information content (AvgIpc) is 3.06. The fraction of sp³-hybridized carbons (Fsp3) is 0.444. The van der Waals surface area contributed by atoms with E-state index < -0.39 is 11.8 Å². The van der Waals surface area contributed by atoms with E-state index in [0.29, 0.717) is 25.3 Å². The van der Waals surface area contributed by atoms with E-state index in [4.69, 9.17) is 4.52 Å². The van der Waals surface area contributed by atoms with Gasteiger partial charge in [0, 0.05) is 43.5 Å². The molecular formula is C18H17F2N5O2. The Labute approximate surface area is 152 Å². The fourth-order valence-corrected chi connectivity index (χ4v) is 3.73. The van der Waals surface area contributed by atoms with Crippen molar-refractivity contribution in [2.24, 2.45) is 5.92 Å². The molecule has 2 aliphatic rings. The van der Waals surface area contributed by atoms with Crippen LogP contribution in [0.5, 0.6) is 0 Å². The second kappa shape index (κ2) is 5.83. The van der Waals surface area contributed by atoms with Crippen LogP contribution in [0.15, 0.2) is 23.1 Å². The number of hydrogen-bond acceptors (Lipinski definition) is 6. The lowest BCUT2D eigenvalue weighted by atomic mass is 10.0. The molecule has 140 valence electrons. The van der Waals surface area contributed by atoms with E-state index in [-0.39, 0.29) is 30.7 Å². The maximum atomic E-state index is 13.0. The molecule has 1 fully saturated rings. The van der Waals surface area contributed by atoms with E-state index >= 15 is 0 Å². The van der Waals surface area contributed by atoms with Crippen LogP contribution in [0.25, 0.3) is 11.0 Å². The molecule has 1 aliphatic carbocycles. The number of alkyl halides is 2. The standard InChI is InChI=1S/C18H17F2N5O2/c19-18(20)7-10(18)1-2-13(26)15-12-8-25(6-4-14(12)27-24-15)17-11-3-5-21-16(11)22-9-23-17/h3,5,9-10H,1-2,4,6-8H2,(H,21,22,23). The molecule has 5 rings (SSSR count). The number of Topliss-reactive ketones (excluding diaryl/α,β-unsaturated/α-hetero) is 1. The number of H-pyrrole nitrogens is 1. The molecular weight excluding hydrogens is 356 g/mol. The van der Waals surface area contributed by atoms with Gasteiger partial charge in [-0.1, -0.05) is 5.16 Å². The predicted molar refractivity (Wildman–Crippen MR) is 91.8 cm³/mol. The molecule has 3 aromatic rings. The fourth-order valence-electron chi connectivity index (χ4n) is 3.73. The van der Waals surface area contributed by atoms with Gasteiger partial charge in [0.05, 0.1) is 11.9 Å². The van der Waals surface area contributed by atoms with Gasteiger partial charge in [-0.15, -0.1) is 0 Å². The first kappa shape index (κ1) is 16.3. The summed E-state index contributed by atoms with van der Waals surface area (Å²) in [6, 6.07) is 1.91. The summed E-state index contributed by atoms with van der Waals surface area (Å²) >= 11 is 0. The third-order valence-electron chi connectivity index (χ3n) is 5.40. The SMILES string of the molecule is O=C(CCC1CC1(F)F)c1noc2c1CN(c1ncnc3[nH]ccc13)CC2. The zero-order chi connectivity index (χ0) is 18.6. The van der Waals surface area contributed by atoms with E-state index in [9.17, 15) is 13.6 Å². The highest BCUT2D eigenvalue weighted by Crippen LogP contribution is 2.51. The number of carbonyl (C=O) groups is 1. The first-order chi connectivity index (χ1) is 13.0. The van der Waals surface area contributed by atoms with Crippen LogP contribution in [0.3, 0.4) is 0 Å². The van der Waals surface area contributed by atoms with Crippen molar-refractivity contribution in [3.8, 4) is 0 Å². The Kier molecular flexibility index (Phi) is 3.53. The van der Waals surface area contributed by atoms with Crippen molar-refractivity contribution < 1.29 is 18.1 Å². The first-order valence-electron chi connectivity index (χ1n) is 8.94. The van der Waals surface area contributed by atoms with Gasteiger partial charge in [0.25, 0.3) is 5.92 Å². The van der Waals surface area contributed by atoms with Gasteiger partial charge >= 0.3 is 0 Å². The second-order valence-electron chi connectivity index (χ2n) is 7.17. The minimum atomic E-state index is -2.60. The van der Waals surface area contributed by atoms with Crippen LogP contribution >= 0.6 is 0 Å². The molecule has 0 radical (unpaired) electrons. The number of nitrogens with one attached hydrogen (secondary N) is 1. The quantitative estimate of drug-likeness (QED) is 0.692. The molecule has 3 aromatic heterocycles. The molecule has 4 heterocycles. The van der Waals surface area contributed by atoms with Crippen LogP contribution in [-0.4, -0.2) is 38.4 Å². The lowest BCUT2D eigenvalue weighted by Gasteiger charge is -2.27. The van der Waals surface area contributed by atoms with Crippen molar-refractivity contribution in [2.45, 2.75) is 38.2 Å². The van der Waals surface area contributed by atoms with Crippen LogP contribution in [0.4, 0.5) is 14.6 Å². The smallest absolute Gasteiger partial charge is 0.251 e. The lowest BCUT2D eigenvalue weighted by molar-refractivity contribution is 0.0899. The summed E-state index contributed by atoms with van der Waals surface area (Å²) in [5, 5.41) is 4.84. The van der Waals surface area contributed by atoms with Crippen LogP contribution < -0.4 is 4.90 Å². The number of aromatic nitrogens is 4. The summed E-state index contributed by atoms with van der Waals surface area (Å²) in [6.07, 6.45) is 4.04. The van der Waals surface area contributed by atoms with Crippen molar-refractivity contribution in [3.05, 3.63) is 35.6 Å². The molecule has 1 atom stereocenters. The molecule has 27 heavy (non-hydrogen) atoms. The van der Waals surface area contributed by atoms with E-state index in [1.807, 2.05) is 6.07 Å². The number of carbonyl (C=O) groups excluding carboxylic acids is 1. The van der Waals surface area contributed by atoms with Crippen molar-refractivity contribution in [1.29, 1.82) is 0 Å². The monoisotopic (exact) mass is 373 g/mol. The summed E-state index contributed by atoms with van der Waals surface area (Å²) in [5.74, 6) is -2.05. The predicted octanol–water partition coefficient (Wildman–Crippen LogP) is 3.13. The molecule has 7 nitrogen and oxygen atoms in total. The highest BCUT2D eigenvalue weighted by molar-refractivity contribution is 5.96. The number of halogens is 2. The molecule has 1 aliphatic heterocycles. The van der Waals surface area contributed by atoms with Crippen molar-refractivity contribution >= 4 is 22.6 Å². The van der Waals surface area contributed by atoms with Gasteiger partial charge in [0.15, 0.2) is 11.5 Å². The van der Waals surface area contributed by atoms with Crippen LogP contribution in [0.2, 0.25) is 0 Å². The molecule has 1 saturated carbocycles. The number of hydrogen-bond donors (Lipinski definition) is 1. The molecule has 0 amide bonds. The van der Waals surface area contributed by atoms with Gasteiger partial charge in [-0.3, -0.25) is 4.79 Å². The van der Waals surface area contributed by atoms with Gasteiger partial charge < -0.3 is 14.4 Å². The van der Waals surface area contributed by atoms with E-state index in [0.717, 1.165) is 22.4 Å². The number of nitrogens with zero attached hydrogens (tertiary/aromatic N) is 4. The second-order valence-corrected chi connectivity index (χ2v) is 7.17. The largest absolute Gasteiger partial charge is 0.360 e. The molecule has 9 heteroatoms. The third kappa shape index (κ3) is 2.77. The van der Waals surface area contributed by atoms with Crippen LogP contribution in [-0.2, 0) is 13.0 Å². The zero-order valence-electron chi connectivity index (χ0n) is 14.4. The molecule has 0 spiro atoms. The maximum Gasteiger partial charge on any atom is 0.251 e. The highest BCUT2D eigenvalue weighted by Gasteiger charge is 2.56. The summed E-state index contributed by atoms with van der Waals surface area (Å²) in [5.41, 5.74) is 1.74. The Morgan fingerprint density at radius 1 is 1.41 bits per heavy atom. The lowest BCUT2D eigenvalue weighted by Crippen LogP contribution is -2.31. The topological polar surface area (TPSA) is 87.9 Å². The van der Waals surface area contributed by atoms with E-state index in [1.54, 1.807) is 6.20 Å². The number of ketones is 1. The summed E-state index contributed by atoms with van der Waals surface area (Å²) < 4.78 is 31.4. The van der Waals surface area contributed by atoms with Crippen LogP contribution in [0, 0.1) is 5.92 Å². The number of rotatable bonds is 5. The van der Waals surface area contributed by atoms with Gasteiger partial charge in [0.1, 0.15) is 23.6 Å². The Morgan fingerprint density at radius 3 is 3.07 bits per heavy atom. The minimum Gasteiger partial charge on any atom is -0.360 e. The molecule has 0 bridgehead atoms. The van der Waals surface area contributed by atoms with E-state index in [2.05, 4.69) is 25.0 Å². The van der Waals surface area contributed by atoms with Gasteiger partial charge in [-0.05, 0) is 12.5 Å². The van der Waals surface area contributed by atoms with Crippen molar-refractivity contribution in [1.82, 2.24) is 20.1 Å². The first-order valence-corrected chi connectivity index (χ1v) is 8.94. The Balaban J connectivity index is 1.37. The van der Waals surface area contributed by atoms with Crippen molar-refractivity contribution in [2.75, 3.05) is 11.4 Å². The maximum absolute atomic E-state index is 13.0. The Morgan fingerprint density at radius 2 is 2.26 bits per heavy atom. The summed E-state index contributed by atoms with van der Waals surface area (Å²) in [4.78, 5) is 26.2. The van der Waals surface area contributed by atoms with E-state index in [1.165, 1.54) is 6.33 Å². The summed E-state index contributed by atoms with van der Waals surface area (Å²) in [7, 11) is 0. The minimum absolute atomic E-state index is 0.0643.